The van der Waals surface area contributed by atoms with Gasteiger partial charge < -0.3 is 14.9 Å². The second kappa shape index (κ2) is 12.3. The molecule has 0 saturated carbocycles. The average molecular weight is 551 g/mol. The van der Waals surface area contributed by atoms with E-state index in [9.17, 15) is 14.4 Å². The number of hydrogen-bond donors (Lipinski definition) is 1. The van der Waals surface area contributed by atoms with Crippen LogP contribution in [0.15, 0.2) is 84.9 Å². The molecule has 3 aromatic rings. The van der Waals surface area contributed by atoms with Crippen LogP contribution in [0.4, 0.5) is 0 Å². The fourth-order valence-electron chi connectivity index (χ4n) is 4.67. The molecule has 1 N–H and O–H groups in total. The van der Waals surface area contributed by atoms with Crippen LogP contribution in [0.25, 0.3) is 5.70 Å². The van der Waals surface area contributed by atoms with E-state index < -0.39 is 18.1 Å². The number of benzene rings is 3. The summed E-state index contributed by atoms with van der Waals surface area (Å²) in [6.45, 7) is 2.16. The van der Waals surface area contributed by atoms with Gasteiger partial charge in [-0.3, -0.25) is 14.4 Å². The molecule has 0 radical (unpaired) electrons. The summed E-state index contributed by atoms with van der Waals surface area (Å²) in [5, 5.41) is 10.2. The highest BCUT2D eigenvalue weighted by molar-refractivity contribution is 6.30. The second-order valence-corrected chi connectivity index (χ2v) is 10.0. The molecule has 4 rings (SSSR count). The lowest BCUT2D eigenvalue weighted by Crippen LogP contribution is -2.43. The Labute approximate surface area is 232 Å². The second-order valence-electron chi connectivity index (χ2n) is 9.16. The summed E-state index contributed by atoms with van der Waals surface area (Å²) in [6.07, 6.45) is 2.39. The van der Waals surface area contributed by atoms with Crippen LogP contribution in [0.1, 0.15) is 55.0 Å². The maximum atomic E-state index is 14.4. The number of unbranched alkanes of at least 4 members (excludes halogenated alkanes) is 1. The van der Waals surface area contributed by atoms with Crippen LogP contribution < -0.4 is 0 Å². The highest BCUT2D eigenvalue weighted by atomic mass is 35.5. The Hall–Kier alpha value is -3.61. The first kappa shape index (κ1) is 27.4. The molecular formula is C30H28Cl2N2O4. The highest BCUT2D eigenvalue weighted by Crippen LogP contribution is 2.38. The van der Waals surface area contributed by atoms with Crippen molar-refractivity contribution < 1.29 is 19.5 Å². The minimum atomic E-state index is -0.928. The SMILES string of the molecule is CC(c1ccc(Cl)cc1)N1C(=O)C=C(c2ccccc2)N(CCCCC(=O)O)C(=O)[C@@H]1c1ccc(Cl)cc1. The number of carboxylic acid groups (broad SMARTS) is 1. The molecular weight excluding hydrogens is 523 g/mol. The summed E-state index contributed by atoms with van der Waals surface area (Å²) in [5.41, 5.74) is 2.68. The van der Waals surface area contributed by atoms with Gasteiger partial charge in [0, 0.05) is 29.1 Å². The maximum absolute atomic E-state index is 14.4. The molecule has 196 valence electrons. The van der Waals surface area contributed by atoms with Gasteiger partial charge in [0.05, 0.1) is 11.7 Å². The number of carbonyl (C=O) groups excluding carboxylic acids is 2. The predicted molar refractivity (Wildman–Crippen MR) is 149 cm³/mol. The van der Waals surface area contributed by atoms with E-state index in [4.69, 9.17) is 28.3 Å². The van der Waals surface area contributed by atoms with Crippen molar-refractivity contribution in [3.63, 3.8) is 0 Å². The minimum absolute atomic E-state index is 0.00564. The lowest BCUT2D eigenvalue weighted by molar-refractivity contribution is -0.142. The molecule has 1 aliphatic heterocycles. The summed E-state index contributed by atoms with van der Waals surface area (Å²) in [7, 11) is 0. The number of hydrogen-bond acceptors (Lipinski definition) is 3. The van der Waals surface area contributed by atoms with Crippen LogP contribution in [-0.4, -0.2) is 39.2 Å². The van der Waals surface area contributed by atoms with Crippen LogP contribution in [0, 0.1) is 0 Å². The molecule has 0 aliphatic carbocycles. The molecule has 1 unspecified atom stereocenters. The zero-order chi connectivity index (χ0) is 27.2. The van der Waals surface area contributed by atoms with Gasteiger partial charge in [0.15, 0.2) is 0 Å². The lowest BCUT2D eigenvalue weighted by Gasteiger charge is -2.36. The Kier molecular flexibility index (Phi) is 8.87. The largest absolute Gasteiger partial charge is 0.481 e. The van der Waals surface area contributed by atoms with Crippen molar-refractivity contribution in [2.75, 3.05) is 6.54 Å². The Bertz CT molecular complexity index is 1320. The summed E-state index contributed by atoms with van der Waals surface area (Å²) >= 11 is 12.3. The molecule has 0 fully saturated rings. The fraction of sp³-hybridized carbons (Fsp3) is 0.233. The standard InChI is InChI=1S/C30H28Cl2N2O4/c1-20(21-10-14-24(31)15-11-21)34-27(35)19-26(22-7-3-2-4-8-22)33(18-6-5-9-28(36)37)30(38)29(34)23-12-16-25(32)17-13-23/h2-4,7-8,10-17,19-20,29H,5-6,9,18H2,1H3,(H,36,37)/t20?,29-/m0/s1. The van der Waals surface area contributed by atoms with Crippen molar-refractivity contribution in [1.29, 1.82) is 0 Å². The first-order chi connectivity index (χ1) is 18.3. The number of carboxylic acids is 1. The van der Waals surface area contributed by atoms with E-state index in [-0.39, 0.29) is 24.8 Å². The molecule has 0 aromatic heterocycles. The Morgan fingerprint density at radius 3 is 2.11 bits per heavy atom. The average Bonchev–Trinajstić information content (AvgIpc) is 3.01. The number of halogens is 2. The summed E-state index contributed by atoms with van der Waals surface area (Å²) in [6, 6.07) is 22.0. The number of carbonyl (C=O) groups is 3. The highest BCUT2D eigenvalue weighted by Gasteiger charge is 2.41. The molecule has 38 heavy (non-hydrogen) atoms. The monoisotopic (exact) mass is 550 g/mol. The Balaban J connectivity index is 1.83. The Morgan fingerprint density at radius 2 is 1.50 bits per heavy atom. The van der Waals surface area contributed by atoms with Crippen LogP contribution in [0.3, 0.4) is 0 Å². The molecule has 1 heterocycles. The lowest BCUT2D eigenvalue weighted by atomic mass is 9.99. The van der Waals surface area contributed by atoms with Crippen molar-refractivity contribution >= 4 is 46.7 Å². The quantitative estimate of drug-likeness (QED) is 0.298. The third-order valence-electron chi connectivity index (χ3n) is 6.63. The fourth-order valence-corrected chi connectivity index (χ4v) is 4.92. The topological polar surface area (TPSA) is 77.9 Å². The zero-order valence-corrected chi connectivity index (χ0v) is 22.4. The molecule has 0 spiro atoms. The minimum Gasteiger partial charge on any atom is -0.481 e. The smallest absolute Gasteiger partial charge is 0.303 e. The molecule has 3 aromatic carbocycles. The number of rotatable bonds is 9. The van der Waals surface area contributed by atoms with Gasteiger partial charge in [-0.05, 0) is 60.7 Å². The summed E-state index contributed by atoms with van der Waals surface area (Å²) < 4.78 is 0. The summed E-state index contributed by atoms with van der Waals surface area (Å²) in [4.78, 5) is 42.7. The molecule has 0 bridgehead atoms. The maximum Gasteiger partial charge on any atom is 0.303 e. The van der Waals surface area contributed by atoms with Crippen molar-refractivity contribution in [1.82, 2.24) is 9.80 Å². The van der Waals surface area contributed by atoms with E-state index in [2.05, 4.69) is 0 Å². The molecule has 8 heteroatoms. The third-order valence-corrected chi connectivity index (χ3v) is 7.13. The first-order valence-corrected chi connectivity index (χ1v) is 13.2. The van der Waals surface area contributed by atoms with Gasteiger partial charge in [0.1, 0.15) is 6.04 Å². The van der Waals surface area contributed by atoms with Gasteiger partial charge in [-0.1, -0.05) is 77.8 Å². The summed E-state index contributed by atoms with van der Waals surface area (Å²) in [5.74, 6) is -1.47. The van der Waals surface area contributed by atoms with Crippen LogP contribution in [-0.2, 0) is 14.4 Å². The molecule has 6 nitrogen and oxygen atoms in total. The van der Waals surface area contributed by atoms with E-state index in [0.29, 0.717) is 34.1 Å². The number of nitrogens with zero attached hydrogens (tertiary/aromatic N) is 2. The van der Waals surface area contributed by atoms with E-state index in [1.165, 1.54) is 6.08 Å². The first-order valence-electron chi connectivity index (χ1n) is 12.4. The van der Waals surface area contributed by atoms with Gasteiger partial charge >= 0.3 is 5.97 Å². The van der Waals surface area contributed by atoms with E-state index in [0.717, 1.165) is 11.1 Å². The van der Waals surface area contributed by atoms with Gasteiger partial charge in [-0.25, -0.2) is 0 Å². The molecule has 2 amide bonds. The van der Waals surface area contributed by atoms with E-state index in [1.807, 2.05) is 49.4 Å². The van der Waals surface area contributed by atoms with Crippen molar-refractivity contribution in [2.24, 2.45) is 0 Å². The molecule has 0 saturated heterocycles. The Morgan fingerprint density at radius 1 is 0.895 bits per heavy atom. The van der Waals surface area contributed by atoms with Gasteiger partial charge in [-0.2, -0.15) is 0 Å². The van der Waals surface area contributed by atoms with Crippen LogP contribution >= 0.6 is 23.2 Å². The van der Waals surface area contributed by atoms with Gasteiger partial charge in [0.2, 0.25) is 5.91 Å². The normalized spacial score (nSPS) is 16.7. The predicted octanol–water partition coefficient (Wildman–Crippen LogP) is 6.76. The van der Waals surface area contributed by atoms with Crippen LogP contribution in [0.5, 0.6) is 0 Å². The van der Waals surface area contributed by atoms with E-state index in [1.54, 1.807) is 46.2 Å². The molecule has 2 atom stereocenters. The van der Waals surface area contributed by atoms with Crippen molar-refractivity contribution in [3.05, 3.63) is 112 Å². The van der Waals surface area contributed by atoms with Crippen LogP contribution in [0.2, 0.25) is 10.0 Å². The van der Waals surface area contributed by atoms with E-state index >= 15 is 0 Å². The number of aliphatic carboxylic acids is 1. The molecule has 1 aliphatic rings. The van der Waals surface area contributed by atoms with Crippen molar-refractivity contribution in [3.8, 4) is 0 Å². The third kappa shape index (κ3) is 6.26. The number of amides is 2. The van der Waals surface area contributed by atoms with Gasteiger partial charge in [-0.15, -0.1) is 0 Å². The zero-order valence-electron chi connectivity index (χ0n) is 20.9. The van der Waals surface area contributed by atoms with Gasteiger partial charge in [0.25, 0.3) is 5.91 Å². The van der Waals surface area contributed by atoms with Crippen molar-refractivity contribution in [2.45, 2.75) is 38.3 Å².